The Balaban J connectivity index is 2.44. The van der Waals surface area contributed by atoms with Gasteiger partial charge >= 0.3 is 0 Å². The van der Waals surface area contributed by atoms with Gasteiger partial charge in [-0.25, -0.2) is 0 Å². The smallest absolute Gasteiger partial charge is 0.237 e. The van der Waals surface area contributed by atoms with E-state index in [9.17, 15) is 4.79 Å². The van der Waals surface area contributed by atoms with E-state index >= 15 is 0 Å². The summed E-state index contributed by atoms with van der Waals surface area (Å²) in [5, 5.41) is 3.00. The van der Waals surface area contributed by atoms with Crippen molar-refractivity contribution in [2.24, 2.45) is 11.1 Å². The molecule has 4 nitrogen and oxygen atoms in total. The molecule has 0 heterocycles. The van der Waals surface area contributed by atoms with Crippen LogP contribution in [0.1, 0.15) is 40.5 Å². The molecule has 1 saturated carbocycles. The van der Waals surface area contributed by atoms with Crippen LogP contribution in [0.2, 0.25) is 0 Å². The molecule has 0 radical (unpaired) electrons. The minimum absolute atomic E-state index is 0.0130. The number of hydrogen-bond donors (Lipinski definition) is 2. The quantitative estimate of drug-likeness (QED) is 0.739. The zero-order valence-corrected chi connectivity index (χ0v) is 10.7. The van der Waals surface area contributed by atoms with Gasteiger partial charge in [-0.3, -0.25) is 4.79 Å². The maximum Gasteiger partial charge on any atom is 0.237 e. The first-order chi connectivity index (χ1) is 7.43. The van der Waals surface area contributed by atoms with E-state index in [1.165, 1.54) is 0 Å². The van der Waals surface area contributed by atoms with Crippen LogP contribution in [0, 0.1) is 5.41 Å². The van der Waals surface area contributed by atoms with Crippen LogP contribution in [0.4, 0.5) is 0 Å². The first kappa shape index (κ1) is 13.5. The minimum atomic E-state index is -0.387. The zero-order valence-electron chi connectivity index (χ0n) is 10.7. The Hall–Kier alpha value is -0.610. The summed E-state index contributed by atoms with van der Waals surface area (Å²) in [5.74, 6) is -0.0458. The van der Waals surface area contributed by atoms with Crippen molar-refractivity contribution >= 4 is 5.91 Å². The van der Waals surface area contributed by atoms with Gasteiger partial charge in [0.2, 0.25) is 5.91 Å². The molecule has 0 aliphatic heterocycles. The summed E-state index contributed by atoms with van der Waals surface area (Å²) in [6.45, 7) is 8.88. The van der Waals surface area contributed by atoms with Crippen LogP contribution in [-0.2, 0) is 9.53 Å². The zero-order chi connectivity index (χ0) is 12.3. The van der Waals surface area contributed by atoms with Gasteiger partial charge < -0.3 is 15.8 Å². The highest BCUT2D eigenvalue weighted by Gasteiger charge is 2.49. The Bertz CT molecular complexity index is 253. The Morgan fingerprint density at radius 2 is 2.19 bits per heavy atom. The molecule has 0 aromatic carbocycles. The number of ether oxygens (including phenoxy) is 1. The second-order valence-electron chi connectivity index (χ2n) is 5.08. The van der Waals surface area contributed by atoms with Crippen molar-refractivity contribution in [1.82, 2.24) is 5.32 Å². The summed E-state index contributed by atoms with van der Waals surface area (Å²) < 4.78 is 5.61. The summed E-state index contributed by atoms with van der Waals surface area (Å²) in [4.78, 5) is 11.7. The predicted molar refractivity (Wildman–Crippen MR) is 64.0 cm³/mol. The number of nitrogens with two attached hydrogens (primary N) is 1. The van der Waals surface area contributed by atoms with Crippen LogP contribution < -0.4 is 11.1 Å². The summed E-state index contributed by atoms with van der Waals surface area (Å²) in [5.41, 5.74) is 5.70. The molecule has 1 aliphatic rings. The van der Waals surface area contributed by atoms with Gasteiger partial charge in [0, 0.05) is 18.1 Å². The molecule has 0 bridgehead atoms. The summed E-state index contributed by atoms with van der Waals surface area (Å²) >= 11 is 0. The van der Waals surface area contributed by atoms with E-state index in [0.29, 0.717) is 6.42 Å². The Kier molecular flexibility index (Phi) is 4.33. The lowest BCUT2D eigenvalue weighted by atomic mass is 9.64. The third-order valence-corrected chi connectivity index (χ3v) is 3.64. The van der Waals surface area contributed by atoms with Crippen molar-refractivity contribution in [3.8, 4) is 0 Å². The summed E-state index contributed by atoms with van der Waals surface area (Å²) in [6.07, 6.45) is 1.82. The molecule has 4 heteroatoms. The van der Waals surface area contributed by atoms with E-state index in [-0.39, 0.29) is 29.5 Å². The fraction of sp³-hybridized carbons (Fsp3) is 0.917. The third kappa shape index (κ3) is 2.55. The molecule has 0 aromatic heterocycles. The van der Waals surface area contributed by atoms with Gasteiger partial charge in [-0.05, 0) is 19.8 Å². The lowest BCUT2D eigenvalue weighted by Crippen LogP contribution is -2.63. The highest BCUT2D eigenvalue weighted by molar-refractivity contribution is 5.81. The normalized spacial score (nSPS) is 29.3. The molecule has 3 atom stereocenters. The van der Waals surface area contributed by atoms with Crippen molar-refractivity contribution in [2.75, 3.05) is 6.61 Å². The van der Waals surface area contributed by atoms with Gasteiger partial charge in [-0.15, -0.1) is 0 Å². The van der Waals surface area contributed by atoms with Crippen LogP contribution in [0.3, 0.4) is 0 Å². The average Bonchev–Trinajstić information content (AvgIpc) is 2.26. The fourth-order valence-corrected chi connectivity index (χ4v) is 2.08. The monoisotopic (exact) mass is 228 g/mol. The van der Waals surface area contributed by atoms with Crippen LogP contribution in [0.15, 0.2) is 0 Å². The summed E-state index contributed by atoms with van der Waals surface area (Å²) in [7, 11) is 0. The molecule has 0 aromatic rings. The molecule has 94 valence electrons. The van der Waals surface area contributed by atoms with Crippen LogP contribution in [0.5, 0.6) is 0 Å². The SMILES string of the molecule is CCOC1CC(NC(=O)C(N)CC)C1(C)C. The highest BCUT2D eigenvalue weighted by Crippen LogP contribution is 2.42. The molecule has 1 fully saturated rings. The van der Waals surface area contributed by atoms with Crippen molar-refractivity contribution in [3.63, 3.8) is 0 Å². The van der Waals surface area contributed by atoms with Gasteiger partial charge in [-0.1, -0.05) is 20.8 Å². The van der Waals surface area contributed by atoms with E-state index in [4.69, 9.17) is 10.5 Å². The minimum Gasteiger partial charge on any atom is -0.378 e. The molecule has 1 amide bonds. The molecule has 16 heavy (non-hydrogen) atoms. The van der Waals surface area contributed by atoms with E-state index in [2.05, 4.69) is 19.2 Å². The molecular weight excluding hydrogens is 204 g/mol. The van der Waals surface area contributed by atoms with Crippen LogP contribution >= 0.6 is 0 Å². The lowest BCUT2D eigenvalue weighted by Gasteiger charge is -2.51. The van der Waals surface area contributed by atoms with E-state index in [1.54, 1.807) is 0 Å². The number of nitrogens with one attached hydrogen (secondary N) is 1. The lowest BCUT2D eigenvalue weighted by molar-refractivity contribution is -0.137. The number of carbonyl (C=O) groups excluding carboxylic acids is 1. The molecule has 3 unspecified atom stereocenters. The predicted octanol–water partition coefficient (Wildman–Crippen LogP) is 1.04. The summed E-state index contributed by atoms with van der Waals surface area (Å²) in [6, 6.07) is -0.198. The molecular formula is C12H24N2O2. The molecule has 0 saturated heterocycles. The van der Waals surface area contributed by atoms with Crippen LogP contribution in [-0.4, -0.2) is 30.7 Å². The molecule has 3 N–H and O–H groups in total. The Labute approximate surface area is 97.9 Å². The molecule has 1 aliphatic carbocycles. The fourth-order valence-electron chi connectivity index (χ4n) is 2.08. The van der Waals surface area contributed by atoms with Crippen LogP contribution in [0.25, 0.3) is 0 Å². The van der Waals surface area contributed by atoms with E-state index < -0.39 is 0 Å². The van der Waals surface area contributed by atoms with Crippen molar-refractivity contribution in [3.05, 3.63) is 0 Å². The number of amides is 1. The first-order valence-electron chi connectivity index (χ1n) is 6.11. The van der Waals surface area contributed by atoms with Gasteiger partial charge in [0.05, 0.1) is 12.1 Å². The van der Waals surface area contributed by atoms with Crippen molar-refractivity contribution in [2.45, 2.75) is 58.7 Å². The van der Waals surface area contributed by atoms with Gasteiger partial charge in [0.15, 0.2) is 0 Å². The van der Waals surface area contributed by atoms with Gasteiger partial charge in [-0.2, -0.15) is 0 Å². The first-order valence-corrected chi connectivity index (χ1v) is 6.11. The highest BCUT2D eigenvalue weighted by atomic mass is 16.5. The second kappa shape index (κ2) is 5.15. The maximum absolute atomic E-state index is 11.7. The van der Waals surface area contributed by atoms with Gasteiger partial charge in [0.25, 0.3) is 0 Å². The molecule has 1 rings (SSSR count). The van der Waals surface area contributed by atoms with E-state index in [1.807, 2.05) is 13.8 Å². The largest absolute Gasteiger partial charge is 0.378 e. The topological polar surface area (TPSA) is 64.3 Å². The Morgan fingerprint density at radius 3 is 2.62 bits per heavy atom. The number of hydrogen-bond acceptors (Lipinski definition) is 3. The molecule has 0 spiro atoms. The van der Waals surface area contributed by atoms with E-state index in [0.717, 1.165) is 13.0 Å². The Morgan fingerprint density at radius 1 is 1.56 bits per heavy atom. The maximum atomic E-state index is 11.7. The number of carbonyl (C=O) groups is 1. The third-order valence-electron chi connectivity index (χ3n) is 3.64. The van der Waals surface area contributed by atoms with Gasteiger partial charge in [0.1, 0.15) is 0 Å². The standard InChI is InChI=1S/C12H24N2O2/c1-5-8(13)11(15)14-9-7-10(16-6-2)12(9,3)4/h8-10H,5-7,13H2,1-4H3,(H,14,15). The van der Waals surface area contributed by atoms with Crippen molar-refractivity contribution in [1.29, 1.82) is 0 Å². The second-order valence-corrected chi connectivity index (χ2v) is 5.08. The average molecular weight is 228 g/mol. The van der Waals surface area contributed by atoms with Crippen molar-refractivity contribution < 1.29 is 9.53 Å². The number of rotatable bonds is 5.